The molecule has 1 aromatic rings. The van der Waals surface area contributed by atoms with Crippen molar-refractivity contribution in [3.8, 4) is 0 Å². The van der Waals surface area contributed by atoms with Crippen LogP contribution in [-0.2, 0) is 9.59 Å². The summed E-state index contributed by atoms with van der Waals surface area (Å²) in [5.74, 6) is 0.389. The number of carboxylic acids is 1. The molecular weight excluding hydrogens is 478 g/mol. The molecule has 10 heteroatoms. The minimum Gasteiger partial charge on any atom is -0.477 e. The molecule has 0 aliphatic carbocycles. The number of thioether (sulfide) groups is 3. The Morgan fingerprint density at radius 3 is 2.58 bits per heavy atom. The first-order valence-electron chi connectivity index (χ1n) is 11.3. The highest BCUT2D eigenvalue weighted by atomic mass is 32.2. The largest absolute Gasteiger partial charge is 0.477 e. The number of hydrogen-bond acceptors (Lipinski definition) is 8. The van der Waals surface area contributed by atoms with Gasteiger partial charge in [-0.05, 0) is 37.1 Å². The maximum Gasteiger partial charge on any atom is 0.353 e. The molecule has 2 saturated heterocycles. The van der Waals surface area contributed by atoms with Crippen LogP contribution in [0.25, 0.3) is 0 Å². The van der Waals surface area contributed by atoms with Crippen LogP contribution >= 0.6 is 35.3 Å². The van der Waals surface area contributed by atoms with Crippen LogP contribution < -0.4 is 11.1 Å². The number of fused-ring (bicyclic) bond motifs is 1. The molecule has 0 bridgehead atoms. The highest BCUT2D eigenvalue weighted by Gasteiger charge is 2.58. The molecule has 1 aromatic carbocycles. The molecule has 7 nitrogen and oxygen atoms in total. The quantitative estimate of drug-likeness (QED) is 0.264. The zero-order valence-electron chi connectivity index (χ0n) is 18.6. The van der Waals surface area contributed by atoms with E-state index in [0.717, 1.165) is 29.4 Å². The van der Waals surface area contributed by atoms with Gasteiger partial charge in [0.15, 0.2) is 0 Å². The summed E-state index contributed by atoms with van der Waals surface area (Å²) >= 11 is 5.22. The van der Waals surface area contributed by atoms with Crippen molar-refractivity contribution < 1.29 is 19.8 Å². The van der Waals surface area contributed by atoms with Crippen molar-refractivity contribution in [1.82, 2.24) is 10.2 Å². The van der Waals surface area contributed by atoms with Gasteiger partial charge in [0, 0.05) is 63.1 Å². The molecule has 0 spiro atoms. The Labute approximate surface area is 207 Å². The Balaban J connectivity index is 1.32. The summed E-state index contributed by atoms with van der Waals surface area (Å²) in [7, 11) is 0. The number of hydrogen-bond donors (Lipinski definition) is 4. The molecule has 180 valence electrons. The van der Waals surface area contributed by atoms with E-state index >= 15 is 0 Å². The van der Waals surface area contributed by atoms with Crippen LogP contribution in [0.5, 0.6) is 0 Å². The molecule has 0 unspecified atom stereocenters. The number of carbonyl (C=O) groups is 2. The average molecular weight is 510 g/mol. The van der Waals surface area contributed by atoms with E-state index in [-0.39, 0.29) is 41.3 Å². The molecule has 3 aliphatic rings. The summed E-state index contributed by atoms with van der Waals surface area (Å²) in [4.78, 5) is 29.2. The van der Waals surface area contributed by atoms with Crippen molar-refractivity contribution in [1.29, 1.82) is 0 Å². The fraction of sp³-hybridized carbons (Fsp3) is 0.565. The van der Waals surface area contributed by atoms with Gasteiger partial charge in [-0.2, -0.15) is 0 Å². The van der Waals surface area contributed by atoms with Crippen LogP contribution in [0.3, 0.4) is 0 Å². The predicted molar refractivity (Wildman–Crippen MR) is 134 cm³/mol. The standard InChI is InChI=1S/C23H31N3O4S3/c1-13-19-18(6-8-27)22(28)26(19)20(23(29)30)21(13)33-17-10-14(25-11-17)12-32-16-4-2-15(3-5-16)31-9-7-24/h2-5,13-14,17-19,25,27H,6-12,24H2,1H3,(H,29,30)/t13-,14+,17+,18+,19-/m1/s1. The number of aliphatic hydroxyl groups excluding tert-OH is 1. The lowest BCUT2D eigenvalue weighted by Gasteiger charge is -2.45. The summed E-state index contributed by atoms with van der Waals surface area (Å²) in [6, 6.07) is 8.81. The van der Waals surface area contributed by atoms with Crippen molar-refractivity contribution in [2.75, 3.05) is 31.2 Å². The molecule has 2 fully saturated rings. The fourth-order valence-electron chi connectivity index (χ4n) is 4.88. The average Bonchev–Trinajstić information content (AvgIpc) is 3.36. The predicted octanol–water partition coefficient (Wildman–Crippen LogP) is 2.45. The number of nitrogens with zero attached hydrogens (tertiary/aromatic N) is 1. The van der Waals surface area contributed by atoms with E-state index in [1.165, 1.54) is 14.7 Å². The number of carbonyl (C=O) groups excluding carboxylic acids is 1. The molecule has 3 aliphatic heterocycles. The third-order valence-corrected chi connectivity index (χ3v) is 10.2. The molecule has 0 radical (unpaired) electrons. The number of amides is 1. The van der Waals surface area contributed by atoms with Crippen molar-refractivity contribution in [3.63, 3.8) is 0 Å². The Kier molecular flexibility index (Phi) is 8.35. The monoisotopic (exact) mass is 509 g/mol. The van der Waals surface area contributed by atoms with Gasteiger partial charge in [-0.25, -0.2) is 4.79 Å². The van der Waals surface area contributed by atoms with Crippen molar-refractivity contribution in [3.05, 3.63) is 34.9 Å². The van der Waals surface area contributed by atoms with Gasteiger partial charge >= 0.3 is 5.97 Å². The minimum absolute atomic E-state index is 0.0144. The second kappa shape index (κ2) is 11.0. The lowest BCUT2D eigenvalue weighted by Crippen LogP contribution is -2.60. The van der Waals surface area contributed by atoms with Crippen molar-refractivity contribution in [2.24, 2.45) is 17.6 Å². The molecule has 5 N–H and O–H groups in total. The number of aliphatic hydroxyl groups is 1. The number of carboxylic acid groups (broad SMARTS) is 1. The summed E-state index contributed by atoms with van der Waals surface area (Å²) < 4.78 is 0. The van der Waals surface area contributed by atoms with Gasteiger partial charge in [0.2, 0.25) is 5.91 Å². The Morgan fingerprint density at radius 2 is 1.94 bits per heavy atom. The first-order chi connectivity index (χ1) is 15.9. The number of β-lactam (4-membered cyclic amide) rings is 1. The van der Waals surface area contributed by atoms with Crippen LogP contribution in [0.2, 0.25) is 0 Å². The Hall–Kier alpha value is -1.17. The first-order valence-corrected chi connectivity index (χ1v) is 14.2. The van der Waals surface area contributed by atoms with Gasteiger partial charge in [-0.3, -0.25) is 4.79 Å². The van der Waals surface area contributed by atoms with Crippen LogP contribution in [0.15, 0.2) is 44.7 Å². The molecule has 4 rings (SSSR count). The van der Waals surface area contributed by atoms with Gasteiger partial charge in [-0.1, -0.05) is 6.92 Å². The van der Waals surface area contributed by atoms with Crippen molar-refractivity contribution in [2.45, 2.75) is 46.9 Å². The van der Waals surface area contributed by atoms with Gasteiger partial charge in [0.05, 0.1) is 12.0 Å². The Bertz CT molecular complexity index is 911. The molecule has 33 heavy (non-hydrogen) atoms. The number of rotatable bonds is 11. The number of aliphatic carboxylic acids is 1. The third kappa shape index (κ3) is 5.26. The van der Waals surface area contributed by atoms with Gasteiger partial charge in [0.1, 0.15) is 5.70 Å². The summed E-state index contributed by atoms with van der Waals surface area (Å²) in [5, 5.41) is 23.0. The van der Waals surface area contributed by atoms with E-state index < -0.39 is 5.97 Å². The van der Waals surface area contributed by atoms with Crippen LogP contribution in [0, 0.1) is 11.8 Å². The number of nitrogens with two attached hydrogens (primary N) is 1. The maximum absolute atomic E-state index is 12.5. The smallest absolute Gasteiger partial charge is 0.353 e. The van der Waals surface area contributed by atoms with Gasteiger partial charge in [0.25, 0.3) is 0 Å². The molecule has 3 heterocycles. The van der Waals surface area contributed by atoms with E-state index in [1.807, 2.05) is 18.7 Å². The molecule has 0 aromatic heterocycles. The van der Waals surface area contributed by atoms with Crippen LogP contribution in [0.1, 0.15) is 19.8 Å². The first kappa shape index (κ1) is 24.9. The molecule has 0 saturated carbocycles. The van der Waals surface area contributed by atoms with Crippen molar-refractivity contribution >= 4 is 47.2 Å². The van der Waals surface area contributed by atoms with E-state index in [1.54, 1.807) is 23.5 Å². The van der Waals surface area contributed by atoms with E-state index in [9.17, 15) is 19.8 Å². The molecule has 1 amide bonds. The second-order valence-electron chi connectivity index (χ2n) is 8.62. The summed E-state index contributed by atoms with van der Waals surface area (Å²) in [5.41, 5.74) is 5.72. The lowest BCUT2D eigenvalue weighted by atomic mass is 9.80. The maximum atomic E-state index is 12.5. The minimum atomic E-state index is -1.03. The SMILES string of the molecule is C[C@H]1C(S[C@@H]2CN[C@H](CSc3ccc(SCCN)cc3)C2)=C(C(=O)O)N2C(=O)[C@@H](CCO)[C@@H]12. The summed E-state index contributed by atoms with van der Waals surface area (Å²) in [6.45, 7) is 3.46. The van der Waals surface area contributed by atoms with E-state index in [4.69, 9.17) is 5.73 Å². The highest BCUT2D eigenvalue weighted by molar-refractivity contribution is 8.03. The molecule has 5 atom stereocenters. The lowest BCUT2D eigenvalue weighted by molar-refractivity contribution is -0.157. The Morgan fingerprint density at radius 1 is 1.24 bits per heavy atom. The third-order valence-electron chi connectivity index (χ3n) is 6.44. The molecular formula is C23H31N3O4S3. The highest BCUT2D eigenvalue weighted by Crippen LogP contribution is 2.51. The number of nitrogens with one attached hydrogen (secondary N) is 1. The van der Waals surface area contributed by atoms with E-state index in [2.05, 4.69) is 29.6 Å². The van der Waals surface area contributed by atoms with Crippen LogP contribution in [-0.4, -0.2) is 75.5 Å². The van der Waals surface area contributed by atoms with Gasteiger partial charge < -0.3 is 26.2 Å². The van der Waals surface area contributed by atoms with E-state index in [0.29, 0.717) is 19.0 Å². The second-order valence-corrected chi connectivity index (χ2v) is 12.2. The zero-order valence-corrected chi connectivity index (χ0v) is 21.1. The van der Waals surface area contributed by atoms with Gasteiger partial charge in [-0.15, -0.1) is 35.3 Å². The summed E-state index contributed by atoms with van der Waals surface area (Å²) in [6.07, 6.45) is 1.36. The normalized spacial score (nSPS) is 28.9. The topological polar surface area (TPSA) is 116 Å². The van der Waals surface area contributed by atoms with Crippen LogP contribution in [0.4, 0.5) is 0 Å². The zero-order chi connectivity index (χ0) is 23.5. The fourth-order valence-corrected chi connectivity index (χ4v) is 8.06. The number of benzene rings is 1.